The predicted molar refractivity (Wildman–Crippen MR) is 72.1 cm³/mol. The van der Waals surface area contributed by atoms with Crippen LogP contribution in [0.3, 0.4) is 0 Å². The number of rotatable bonds is 4. The highest BCUT2D eigenvalue weighted by Gasteiger charge is 2.21. The molecule has 0 fully saturated rings. The van der Waals surface area contributed by atoms with Gasteiger partial charge in [-0.15, -0.1) is 10.2 Å². The molecule has 0 amide bonds. The van der Waals surface area contributed by atoms with Crippen LogP contribution >= 0.6 is 27.5 Å². The van der Waals surface area contributed by atoms with Crippen molar-refractivity contribution in [2.75, 3.05) is 0 Å². The summed E-state index contributed by atoms with van der Waals surface area (Å²) in [5.41, 5.74) is 0. The van der Waals surface area contributed by atoms with Crippen LogP contribution in [0.15, 0.2) is 27.6 Å². The van der Waals surface area contributed by atoms with Crippen molar-refractivity contribution >= 4 is 37.6 Å². The van der Waals surface area contributed by atoms with Gasteiger partial charge in [0.15, 0.2) is 5.82 Å². The minimum Gasteiger partial charge on any atom is -0.207 e. The van der Waals surface area contributed by atoms with Crippen molar-refractivity contribution in [1.82, 2.24) is 25.3 Å². The SMILES string of the molecule is CC(NS(=O)(=O)c1ccc(Cl)c(Br)c1)c1nn[nH]n1. The van der Waals surface area contributed by atoms with Gasteiger partial charge in [-0.05, 0) is 41.1 Å². The van der Waals surface area contributed by atoms with E-state index in [0.29, 0.717) is 9.50 Å². The quantitative estimate of drug-likeness (QED) is 0.857. The molecule has 0 radical (unpaired) electrons. The van der Waals surface area contributed by atoms with Crippen molar-refractivity contribution in [2.24, 2.45) is 0 Å². The van der Waals surface area contributed by atoms with Gasteiger partial charge < -0.3 is 0 Å². The summed E-state index contributed by atoms with van der Waals surface area (Å²) in [4.78, 5) is 0.0964. The Morgan fingerprint density at radius 2 is 2.21 bits per heavy atom. The first-order chi connectivity index (χ1) is 8.90. The maximum absolute atomic E-state index is 12.1. The van der Waals surface area contributed by atoms with Gasteiger partial charge >= 0.3 is 0 Å². The maximum atomic E-state index is 12.1. The monoisotopic (exact) mass is 365 g/mol. The van der Waals surface area contributed by atoms with Crippen molar-refractivity contribution in [2.45, 2.75) is 17.9 Å². The van der Waals surface area contributed by atoms with Gasteiger partial charge in [0, 0.05) is 4.47 Å². The molecular formula is C9H9BrClN5O2S. The van der Waals surface area contributed by atoms with Gasteiger partial charge in [0.1, 0.15) is 0 Å². The molecule has 1 heterocycles. The lowest BCUT2D eigenvalue weighted by Gasteiger charge is -2.11. The maximum Gasteiger partial charge on any atom is 0.241 e. The van der Waals surface area contributed by atoms with Crippen LogP contribution in [0, 0.1) is 0 Å². The second-order valence-electron chi connectivity index (χ2n) is 3.69. The number of aromatic amines is 1. The molecular weight excluding hydrogens is 358 g/mol. The number of aromatic nitrogens is 4. The lowest BCUT2D eigenvalue weighted by molar-refractivity contribution is 0.560. The fourth-order valence-corrected chi connectivity index (χ4v) is 3.23. The molecule has 0 bridgehead atoms. The van der Waals surface area contributed by atoms with Crippen LogP contribution in [0.1, 0.15) is 18.8 Å². The molecule has 7 nitrogen and oxygen atoms in total. The third-order valence-corrected chi connectivity index (χ3v) is 5.03. The Balaban J connectivity index is 2.25. The number of nitrogens with one attached hydrogen (secondary N) is 2. The minimum absolute atomic E-state index is 0.0964. The Kier molecular flexibility index (Phi) is 4.19. The van der Waals surface area contributed by atoms with E-state index < -0.39 is 16.1 Å². The first kappa shape index (κ1) is 14.4. The molecule has 0 aliphatic heterocycles. The van der Waals surface area contributed by atoms with Gasteiger partial charge in [-0.1, -0.05) is 16.8 Å². The lowest BCUT2D eigenvalue weighted by Crippen LogP contribution is -2.27. The fourth-order valence-electron chi connectivity index (χ4n) is 1.35. The van der Waals surface area contributed by atoms with Crippen molar-refractivity contribution in [3.63, 3.8) is 0 Å². The zero-order valence-corrected chi connectivity index (χ0v) is 12.8. The molecule has 0 saturated carbocycles. The Morgan fingerprint density at radius 3 is 2.79 bits per heavy atom. The first-order valence-corrected chi connectivity index (χ1v) is 7.76. The molecule has 2 N–H and O–H groups in total. The summed E-state index contributed by atoms with van der Waals surface area (Å²) in [6, 6.07) is 3.74. The van der Waals surface area contributed by atoms with Crippen LogP contribution in [0.25, 0.3) is 0 Å². The van der Waals surface area contributed by atoms with Gasteiger partial charge in [0.25, 0.3) is 0 Å². The third-order valence-electron chi connectivity index (χ3n) is 2.28. The molecule has 2 aromatic rings. The Morgan fingerprint density at radius 1 is 1.47 bits per heavy atom. The average Bonchev–Trinajstić information content (AvgIpc) is 2.85. The first-order valence-electron chi connectivity index (χ1n) is 5.11. The number of tetrazole rings is 1. The van der Waals surface area contributed by atoms with E-state index in [2.05, 4.69) is 41.3 Å². The van der Waals surface area contributed by atoms with Crippen LogP contribution in [0.2, 0.25) is 5.02 Å². The zero-order chi connectivity index (χ0) is 14.0. The molecule has 2 rings (SSSR count). The molecule has 0 spiro atoms. The molecule has 0 saturated heterocycles. The zero-order valence-electron chi connectivity index (χ0n) is 9.63. The van der Waals surface area contributed by atoms with E-state index in [-0.39, 0.29) is 10.7 Å². The summed E-state index contributed by atoms with van der Waals surface area (Å²) in [5, 5.41) is 13.5. The van der Waals surface area contributed by atoms with E-state index >= 15 is 0 Å². The predicted octanol–water partition coefficient (Wildman–Crippen LogP) is 1.66. The van der Waals surface area contributed by atoms with Crippen LogP contribution in [-0.4, -0.2) is 29.0 Å². The standard InChI is InChI=1S/C9H9BrClN5O2S/c1-5(9-12-15-16-13-9)14-19(17,18)6-2-3-8(11)7(10)4-6/h2-5,14H,1H3,(H,12,13,15,16). The second-order valence-corrected chi connectivity index (χ2v) is 6.66. The van der Waals surface area contributed by atoms with Gasteiger partial charge in [0.2, 0.25) is 10.0 Å². The highest BCUT2D eigenvalue weighted by molar-refractivity contribution is 9.10. The van der Waals surface area contributed by atoms with E-state index in [1.165, 1.54) is 18.2 Å². The Hall–Kier alpha value is -1.03. The molecule has 1 aromatic heterocycles. The summed E-state index contributed by atoms with van der Waals surface area (Å²) >= 11 is 9.00. The summed E-state index contributed by atoms with van der Waals surface area (Å²) in [6.45, 7) is 1.62. The molecule has 0 aliphatic carbocycles. The van der Waals surface area contributed by atoms with E-state index in [1.54, 1.807) is 6.92 Å². The second kappa shape index (κ2) is 5.53. The van der Waals surface area contributed by atoms with Crippen molar-refractivity contribution in [3.05, 3.63) is 33.5 Å². The summed E-state index contributed by atoms with van der Waals surface area (Å²) in [6.07, 6.45) is 0. The number of nitrogens with zero attached hydrogens (tertiary/aromatic N) is 3. The van der Waals surface area contributed by atoms with Crippen LogP contribution in [-0.2, 0) is 10.0 Å². The number of halogens is 2. The molecule has 10 heteroatoms. The molecule has 1 aromatic carbocycles. The Labute approximate surface area is 122 Å². The largest absolute Gasteiger partial charge is 0.241 e. The summed E-state index contributed by atoms with van der Waals surface area (Å²) < 4.78 is 27.2. The smallest absolute Gasteiger partial charge is 0.207 e. The van der Waals surface area contributed by atoms with Gasteiger partial charge in [0.05, 0.1) is 16.0 Å². The molecule has 0 aliphatic rings. The van der Waals surface area contributed by atoms with Crippen molar-refractivity contribution in [3.8, 4) is 0 Å². The number of benzene rings is 1. The van der Waals surface area contributed by atoms with Gasteiger partial charge in [-0.2, -0.15) is 5.21 Å². The Bertz CT molecular complexity index is 676. The third kappa shape index (κ3) is 3.30. The summed E-state index contributed by atoms with van der Waals surface area (Å²) in [7, 11) is -3.69. The number of sulfonamides is 1. The van der Waals surface area contributed by atoms with Gasteiger partial charge in [-0.3, -0.25) is 0 Å². The average molecular weight is 367 g/mol. The number of H-pyrrole nitrogens is 1. The van der Waals surface area contributed by atoms with Crippen molar-refractivity contribution < 1.29 is 8.42 Å². The van der Waals surface area contributed by atoms with E-state index in [9.17, 15) is 8.42 Å². The molecule has 1 unspecified atom stereocenters. The van der Waals surface area contributed by atoms with Crippen LogP contribution < -0.4 is 4.72 Å². The minimum atomic E-state index is -3.69. The van der Waals surface area contributed by atoms with Gasteiger partial charge in [-0.25, -0.2) is 13.1 Å². The van der Waals surface area contributed by atoms with Crippen molar-refractivity contribution in [1.29, 1.82) is 0 Å². The fraction of sp³-hybridized carbons (Fsp3) is 0.222. The van der Waals surface area contributed by atoms with E-state index in [1.807, 2.05) is 0 Å². The topological polar surface area (TPSA) is 101 Å². The van der Waals surface area contributed by atoms with E-state index in [0.717, 1.165) is 0 Å². The van der Waals surface area contributed by atoms with Crippen LogP contribution in [0.5, 0.6) is 0 Å². The summed E-state index contributed by atoms with van der Waals surface area (Å²) in [5.74, 6) is 0.261. The highest BCUT2D eigenvalue weighted by Crippen LogP contribution is 2.25. The lowest BCUT2D eigenvalue weighted by atomic mass is 10.4. The number of hydrogen-bond acceptors (Lipinski definition) is 5. The molecule has 19 heavy (non-hydrogen) atoms. The highest BCUT2D eigenvalue weighted by atomic mass is 79.9. The van der Waals surface area contributed by atoms with E-state index in [4.69, 9.17) is 11.6 Å². The molecule has 1 atom stereocenters. The number of hydrogen-bond donors (Lipinski definition) is 2. The normalized spacial score (nSPS) is 13.4. The van der Waals surface area contributed by atoms with Crippen LogP contribution in [0.4, 0.5) is 0 Å². The molecule has 102 valence electrons.